The number of hydrogen-bond acceptors (Lipinski definition) is 3. The van der Waals surface area contributed by atoms with Gasteiger partial charge in [-0.25, -0.2) is 9.37 Å². The minimum absolute atomic E-state index is 0.174. The van der Waals surface area contributed by atoms with Crippen LogP contribution in [0.3, 0.4) is 0 Å². The van der Waals surface area contributed by atoms with E-state index in [0.717, 1.165) is 11.5 Å². The summed E-state index contributed by atoms with van der Waals surface area (Å²) in [5.41, 5.74) is 1.62. The largest absolute Gasteiger partial charge is 0.363 e. The molecule has 0 amide bonds. The number of aromatic nitrogens is 1. The maximum atomic E-state index is 13.6. The molecular weight excluding hydrogens is 305 g/mol. The van der Waals surface area contributed by atoms with Crippen LogP contribution in [0, 0.1) is 5.82 Å². The van der Waals surface area contributed by atoms with E-state index in [-0.39, 0.29) is 5.82 Å². The Morgan fingerprint density at radius 2 is 1.92 bits per heavy atom. The highest BCUT2D eigenvalue weighted by Gasteiger charge is 2.03. The third kappa shape index (κ3) is 5.22. The fourth-order valence-corrected chi connectivity index (χ4v) is 2.23. The number of rotatable bonds is 6. The van der Waals surface area contributed by atoms with Gasteiger partial charge in [-0.3, -0.25) is 4.99 Å². The second kappa shape index (κ2) is 8.86. The van der Waals surface area contributed by atoms with Gasteiger partial charge in [0.2, 0.25) is 0 Å². The number of nitrogens with zero attached hydrogens (tertiary/aromatic N) is 3. The van der Waals surface area contributed by atoms with Crippen LogP contribution in [0.25, 0.3) is 0 Å². The Morgan fingerprint density at radius 1 is 1.12 bits per heavy atom. The van der Waals surface area contributed by atoms with Crippen LogP contribution >= 0.6 is 0 Å². The predicted molar refractivity (Wildman–Crippen MR) is 96.9 cm³/mol. The molecule has 0 aliphatic carbocycles. The number of hydrogen-bond donors (Lipinski definition) is 2. The van der Waals surface area contributed by atoms with Gasteiger partial charge in [0.15, 0.2) is 5.96 Å². The van der Waals surface area contributed by atoms with Crippen molar-refractivity contribution in [3.05, 3.63) is 59.5 Å². The maximum absolute atomic E-state index is 13.6. The third-order valence-electron chi connectivity index (χ3n) is 3.56. The van der Waals surface area contributed by atoms with Gasteiger partial charge in [0.25, 0.3) is 0 Å². The van der Waals surface area contributed by atoms with E-state index in [4.69, 9.17) is 0 Å². The molecule has 1 heterocycles. The first-order valence-corrected chi connectivity index (χ1v) is 7.91. The second-order valence-corrected chi connectivity index (χ2v) is 5.58. The Hall–Kier alpha value is -2.63. The molecule has 0 atom stereocenters. The van der Waals surface area contributed by atoms with Crippen LogP contribution in [0.15, 0.2) is 47.5 Å². The number of pyridine rings is 1. The van der Waals surface area contributed by atoms with Gasteiger partial charge in [-0.2, -0.15) is 0 Å². The van der Waals surface area contributed by atoms with Gasteiger partial charge >= 0.3 is 0 Å². The van der Waals surface area contributed by atoms with E-state index in [0.29, 0.717) is 31.0 Å². The Labute approximate surface area is 142 Å². The maximum Gasteiger partial charge on any atom is 0.191 e. The van der Waals surface area contributed by atoms with Crippen molar-refractivity contribution in [2.75, 3.05) is 32.6 Å². The number of halogens is 1. The molecule has 2 aromatic rings. The minimum atomic E-state index is -0.174. The van der Waals surface area contributed by atoms with Crippen LogP contribution in [-0.4, -0.2) is 38.6 Å². The summed E-state index contributed by atoms with van der Waals surface area (Å²) in [7, 11) is 5.63. The summed E-state index contributed by atoms with van der Waals surface area (Å²) in [5, 5.41) is 6.40. The van der Waals surface area contributed by atoms with E-state index < -0.39 is 0 Å². The molecule has 5 nitrogen and oxygen atoms in total. The van der Waals surface area contributed by atoms with Crippen molar-refractivity contribution in [1.82, 2.24) is 15.6 Å². The van der Waals surface area contributed by atoms with Crippen LogP contribution < -0.4 is 15.5 Å². The normalized spacial score (nSPS) is 11.2. The zero-order chi connectivity index (χ0) is 17.4. The number of benzene rings is 1. The van der Waals surface area contributed by atoms with E-state index in [1.54, 1.807) is 19.2 Å². The first-order valence-electron chi connectivity index (χ1n) is 7.91. The minimum Gasteiger partial charge on any atom is -0.363 e. The molecule has 2 N–H and O–H groups in total. The topological polar surface area (TPSA) is 52.6 Å². The van der Waals surface area contributed by atoms with Crippen LogP contribution in [0.4, 0.5) is 10.2 Å². The highest BCUT2D eigenvalue weighted by molar-refractivity contribution is 5.79. The molecule has 128 valence electrons. The lowest BCUT2D eigenvalue weighted by molar-refractivity contribution is 0.606. The highest BCUT2D eigenvalue weighted by atomic mass is 19.1. The molecule has 0 aliphatic heterocycles. The molecule has 1 aromatic carbocycles. The summed E-state index contributed by atoms with van der Waals surface area (Å²) in [4.78, 5) is 10.7. The van der Waals surface area contributed by atoms with E-state index in [1.165, 1.54) is 6.07 Å². The molecule has 0 saturated heterocycles. The highest BCUT2D eigenvalue weighted by Crippen LogP contribution is 2.08. The third-order valence-corrected chi connectivity index (χ3v) is 3.56. The molecule has 0 fully saturated rings. The van der Waals surface area contributed by atoms with Crippen LogP contribution in [0.5, 0.6) is 0 Å². The fraction of sp³-hybridized carbons (Fsp3) is 0.333. The smallest absolute Gasteiger partial charge is 0.191 e. The lowest BCUT2D eigenvalue weighted by Crippen LogP contribution is -2.38. The van der Waals surface area contributed by atoms with E-state index in [2.05, 4.69) is 20.6 Å². The summed E-state index contributed by atoms with van der Waals surface area (Å²) in [6.45, 7) is 1.17. The average molecular weight is 329 g/mol. The molecule has 0 spiro atoms. The summed E-state index contributed by atoms with van der Waals surface area (Å²) in [6, 6.07) is 12.7. The number of guanidine groups is 1. The Morgan fingerprint density at radius 3 is 2.62 bits per heavy atom. The Kier molecular flexibility index (Phi) is 6.54. The molecule has 0 unspecified atom stereocenters. The van der Waals surface area contributed by atoms with Gasteiger partial charge in [0.05, 0.1) is 12.2 Å². The summed E-state index contributed by atoms with van der Waals surface area (Å²) >= 11 is 0. The van der Waals surface area contributed by atoms with Crippen molar-refractivity contribution in [1.29, 1.82) is 0 Å². The molecule has 0 aliphatic rings. The fourth-order valence-electron chi connectivity index (χ4n) is 2.23. The number of aliphatic imine (C=N–C) groups is 1. The SMILES string of the molecule is CN=C(NCCc1ccccc1F)NCc1cccc(N(C)C)n1. The molecule has 1 aromatic heterocycles. The lowest BCUT2D eigenvalue weighted by atomic mass is 10.1. The Balaban J connectivity index is 1.82. The van der Waals surface area contributed by atoms with Crippen LogP contribution in [-0.2, 0) is 13.0 Å². The van der Waals surface area contributed by atoms with Gasteiger partial charge in [0.1, 0.15) is 11.6 Å². The van der Waals surface area contributed by atoms with Crippen molar-refractivity contribution in [2.24, 2.45) is 4.99 Å². The molecule has 0 radical (unpaired) electrons. The summed E-state index contributed by atoms with van der Waals surface area (Å²) < 4.78 is 13.6. The first kappa shape index (κ1) is 17.7. The van der Waals surface area contributed by atoms with Gasteiger partial charge in [-0.1, -0.05) is 24.3 Å². The molecule has 0 saturated carbocycles. The molecule has 2 rings (SSSR count). The average Bonchev–Trinajstić information content (AvgIpc) is 2.59. The summed E-state index contributed by atoms with van der Waals surface area (Å²) in [5.74, 6) is 1.41. The van der Waals surface area contributed by atoms with Crippen LogP contribution in [0.2, 0.25) is 0 Å². The quantitative estimate of drug-likeness (QED) is 0.630. The molecule has 0 bridgehead atoms. The van der Waals surface area contributed by atoms with E-state index in [1.807, 2.05) is 43.3 Å². The van der Waals surface area contributed by atoms with Crippen molar-refractivity contribution in [2.45, 2.75) is 13.0 Å². The molecule has 6 heteroatoms. The number of anilines is 1. The summed E-state index contributed by atoms with van der Waals surface area (Å²) in [6.07, 6.45) is 0.599. The molecule has 24 heavy (non-hydrogen) atoms. The zero-order valence-electron chi connectivity index (χ0n) is 14.4. The van der Waals surface area contributed by atoms with Gasteiger partial charge < -0.3 is 15.5 Å². The van der Waals surface area contributed by atoms with Gasteiger partial charge in [-0.15, -0.1) is 0 Å². The van der Waals surface area contributed by atoms with E-state index >= 15 is 0 Å². The molecular formula is C18H24FN5. The monoisotopic (exact) mass is 329 g/mol. The zero-order valence-corrected chi connectivity index (χ0v) is 14.4. The second-order valence-electron chi connectivity index (χ2n) is 5.58. The number of nitrogens with one attached hydrogen (secondary N) is 2. The standard InChI is InChI=1S/C18H24FN5/c1-20-18(21-12-11-14-7-4-5-9-16(14)19)22-13-15-8-6-10-17(23-15)24(2)3/h4-10H,11-13H2,1-3H3,(H2,20,21,22). The Bertz CT molecular complexity index is 685. The first-order chi connectivity index (χ1) is 11.6. The van der Waals surface area contributed by atoms with Gasteiger partial charge in [0, 0.05) is 27.7 Å². The predicted octanol–water partition coefficient (Wildman–Crippen LogP) is 2.19. The van der Waals surface area contributed by atoms with Crippen molar-refractivity contribution in [3.8, 4) is 0 Å². The van der Waals surface area contributed by atoms with Crippen molar-refractivity contribution < 1.29 is 4.39 Å². The van der Waals surface area contributed by atoms with Crippen LogP contribution in [0.1, 0.15) is 11.3 Å². The lowest BCUT2D eigenvalue weighted by Gasteiger charge is -2.14. The van der Waals surface area contributed by atoms with Crippen molar-refractivity contribution >= 4 is 11.8 Å². The van der Waals surface area contributed by atoms with Gasteiger partial charge in [-0.05, 0) is 30.2 Å². The van der Waals surface area contributed by atoms with Crippen molar-refractivity contribution in [3.63, 3.8) is 0 Å². The van der Waals surface area contributed by atoms with E-state index in [9.17, 15) is 4.39 Å².